The fourth-order valence-corrected chi connectivity index (χ4v) is 2.47. The van der Waals surface area contributed by atoms with Crippen LogP contribution < -0.4 is 5.32 Å². The van der Waals surface area contributed by atoms with Gasteiger partial charge in [0.25, 0.3) is 0 Å². The van der Waals surface area contributed by atoms with Crippen LogP contribution in [0.15, 0.2) is 0 Å². The zero-order chi connectivity index (χ0) is 13.4. The minimum atomic E-state index is -0.712. The lowest BCUT2D eigenvalue weighted by molar-refractivity contribution is -0.160. The third-order valence-corrected chi connectivity index (χ3v) is 3.68. The molecule has 0 aromatic heterocycles. The molecule has 0 aromatic carbocycles. The molecule has 4 nitrogen and oxygen atoms in total. The molecule has 0 bridgehead atoms. The van der Waals surface area contributed by atoms with Gasteiger partial charge in [0.15, 0.2) is 0 Å². The number of carbonyl (C=O) groups is 2. The van der Waals surface area contributed by atoms with Gasteiger partial charge in [-0.1, -0.05) is 20.8 Å². The van der Waals surface area contributed by atoms with Gasteiger partial charge in [0.2, 0.25) is 11.8 Å². The van der Waals surface area contributed by atoms with Crippen LogP contribution >= 0.6 is 0 Å². The van der Waals surface area contributed by atoms with Crippen LogP contribution in [-0.2, 0) is 9.59 Å². The molecule has 1 rings (SSSR count). The summed E-state index contributed by atoms with van der Waals surface area (Å²) in [6.45, 7) is 11.6. The van der Waals surface area contributed by atoms with Crippen molar-refractivity contribution >= 4 is 11.8 Å². The smallest absolute Gasteiger partial charge is 0.246 e. The van der Waals surface area contributed by atoms with E-state index in [0.29, 0.717) is 6.42 Å². The van der Waals surface area contributed by atoms with Crippen molar-refractivity contribution in [3.63, 3.8) is 0 Å². The molecular weight excluding hydrogens is 216 g/mol. The summed E-state index contributed by atoms with van der Waals surface area (Å²) in [5, 5.41) is 2.86. The summed E-state index contributed by atoms with van der Waals surface area (Å²) in [4.78, 5) is 26.4. The summed E-state index contributed by atoms with van der Waals surface area (Å²) in [6.07, 6.45) is 0.633. The van der Waals surface area contributed by atoms with Gasteiger partial charge in [0.1, 0.15) is 11.6 Å². The zero-order valence-electron chi connectivity index (χ0n) is 11.7. The van der Waals surface area contributed by atoms with Crippen molar-refractivity contribution in [2.24, 2.45) is 5.92 Å². The van der Waals surface area contributed by atoms with E-state index >= 15 is 0 Å². The van der Waals surface area contributed by atoms with Crippen molar-refractivity contribution in [1.82, 2.24) is 10.2 Å². The summed E-state index contributed by atoms with van der Waals surface area (Å²) >= 11 is 0. The van der Waals surface area contributed by atoms with Gasteiger partial charge in [-0.3, -0.25) is 9.59 Å². The van der Waals surface area contributed by atoms with Crippen molar-refractivity contribution in [2.45, 2.75) is 65.6 Å². The molecule has 1 aliphatic rings. The van der Waals surface area contributed by atoms with Gasteiger partial charge in [-0.2, -0.15) is 0 Å². The predicted octanol–water partition coefficient (Wildman–Crippen LogP) is 1.55. The minimum Gasteiger partial charge on any atom is -0.342 e. The Morgan fingerprint density at radius 1 is 1.29 bits per heavy atom. The summed E-state index contributed by atoms with van der Waals surface area (Å²) < 4.78 is 0. The maximum atomic E-state index is 12.4. The number of hydrogen-bond donors (Lipinski definition) is 1. The van der Waals surface area contributed by atoms with Crippen LogP contribution in [0.25, 0.3) is 0 Å². The Bertz CT molecular complexity index is 325. The molecule has 98 valence electrons. The van der Waals surface area contributed by atoms with E-state index in [0.717, 1.165) is 0 Å². The van der Waals surface area contributed by atoms with Crippen LogP contribution in [0.3, 0.4) is 0 Å². The molecule has 0 spiro atoms. The predicted molar refractivity (Wildman–Crippen MR) is 67.4 cm³/mol. The molecule has 1 heterocycles. The molecular formula is C13H24N2O2. The quantitative estimate of drug-likeness (QED) is 0.813. The third kappa shape index (κ3) is 2.17. The second-order valence-electron chi connectivity index (χ2n) is 5.62. The molecule has 0 aromatic rings. The molecule has 0 saturated carbocycles. The number of rotatable bonds is 3. The lowest BCUT2D eigenvalue weighted by Crippen LogP contribution is -2.71. The highest BCUT2D eigenvalue weighted by molar-refractivity contribution is 5.99. The topological polar surface area (TPSA) is 49.4 Å². The van der Waals surface area contributed by atoms with E-state index < -0.39 is 5.54 Å². The first-order valence-corrected chi connectivity index (χ1v) is 6.39. The van der Waals surface area contributed by atoms with Gasteiger partial charge in [-0.15, -0.1) is 0 Å². The van der Waals surface area contributed by atoms with Gasteiger partial charge in [0, 0.05) is 6.04 Å². The Morgan fingerprint density at radius 3 is 2.18 bits per heavy atom. The number of hydrogen-bond acceptors (Lipinski definition) is 2. The second-order valence-corrected chi connectivity index (χ2v) is 5.62. The molecule has 0 radical (unpaired) electrons. The molecule has 1 saturated heterocycles. The Hall–Kier alpha value is -1.06. The average Bonchev–Trinajstić information content (AvgIpc) is 2.22. The number of piperazine rings is 1. The number of nitrogens with zero attached hydrogens (tertiary/aromatic N) is 1. The van der Waals surface area contributed by atoms with E-state index in [4.69, 9.17) is 0 Å². The van der Waals surface area contributed by atoms with Crippen LogP contribution in [0.4, 0.5) is 0 Å². The monoisotopic (exact) mass is 240 g/mol. The summed E-state index contributed by atoms with van der Waals surface area (Å²) in [5.74, 6) is 0.125. The molecule has 4 heteroatoms. The zero-order valence-corrected chi connectivity index (χ0v) is 11.7. The maximum absolute atomic E-state index is 12.4. The van der Waals surface area contributed by atoms with Crippen molar-refractivity contribution in [3.05, 3.63) is 0 Å². The molecule has 2 amide bonds. The summed E-state index contributed by atoms with van der Waals surface area (Å²) in [7, 11) is 0. The first-order valence-electron chi connectivity index (χ1n) is 6.39. The first kappa shape index (κ1) is 14.0. The minimum absolute atomic E-state index is 0.0352. The first-order chi connectivity index (χ1) is 7.75. The Kier molecular flexibility index (Phi) is 3.84. The molecule has 2 atom stereocenters. The number of nitrogens with one attached hydrogen (secondary N) is 1. The summed E-state index contributed by atoms with van der Waals surface area (Å²) in [6, 6.07) is -0.343. The van der Waals surface area contributed by atoms with Crippen LogP contribution in [0.2, 0.25) is 0 Å². The van der Waals surface area contributed by atoms with Gasteiger partial charge in [0.05, 0.1) is 0 Å². The van der Waals surface area contributed by atoms with Crippen LogP contribution in [0, 0.1) is 5.92 Å². The van der Waals surface area contributed by atoms with Gasteiger partial charge < -0.3 is 10.2 Å². The molecule has 1 aliphatic heterocycles. The lowest BCUT2D eigenvalue weighted by atomic mass is 9.86. The van der Waals surface area contributed by atoms with Crippen molar-refractivity contribution < 1.29 is 9.59 Å². The van der Waals surface area contributed by atoms with Crippen LogP contribution in [0.5, 0.6) is 0 Å². The fourth-order valence-electron chi connectivity index (χ4n) is 2.47. The van der Waals surface area contributed by atoms with Gasteiger partial charge in [-0.05, 0) is 33.1 Å². The maximum Gasteiger partial charge on any atom is 0.246 e. The van der Waals surface area contributed by atoms with Crippen LogP contribution in [-0.4, -0.2) is 34.3 Å². The number of carbonyl (C=O) groups excluding carboxylic acids is 2. The molecule has 17 heavy (non-hydrogen) atoms. The highest BCUT2D eigenvalue weighted by atomic mass is 16.2. The largest absolute Gasteiger partial charge is 0.342 e. The second kappa shape index (κ2) is 4.67. The standard InChI is InChI=1S/C13H24N2O2/c1-7-13(6)12(17)14-10(8(2)3)11(16)15(13)9(4)5/h8-10H,7H2,1-6H3,(H,14,17). The van der Waals surface area contributed by atoms with E-state index in [1.54, 1.807) is 4.90 Å². The van der Waals surface area contributed by atoms with Crippen molar-refractivity contribution in [3.8, 4) is 0 Å². The molecule has 1 fully saturated rings. The van der Waals surface area contributed by atoms with Crippen molar-refractivity contribution in [1.29, 1.82) is 0 Å². The average molecular weight is 240 g/mol. The SMILES string of the molecule is CCC1(C)C(=O)NC(C(C)C)C(=O)N1C(C)C. The normalized spacial score (nSPS) is 30.1. The Balaban J connectivity index is 3.15. The van der Waals surface area contributed by atoms with E-state index in [1.165, 1.54) is 0 Å². The molecule has 2 unspecified atom stereocenters. The fraction of sp³-hybridized carbons (Fsp3) is 0.846. The lowest BCUT2D eigenvalue weighted by Gasteiger charge is -2.48. The van der Waals surface area contributed by atoms with E-state index in [1.807, 2.05) is 41.5 Å². The van der Waals surface area contributed by atoms with E-state index in [9.17, 15) is 9.59 Å². The Morgan fingerprint density at radius 2 is 1.82 bits per heavy atom. The molecule has 0 aliphatic carbocycles. The van der Waals surface area contributed by atoms with E-state index in [2.05, 4.69) is 5.32 Å². The van der Waals surface area contributed by atoms with E-state index in [-0.39, 0.29) is 29.8 Å². The van der Waals surface area contributed by atoms with Crippen LogP contribution in [0.1, 0.15) is 48.0 Å². The molecule has 1 N–H and O–H groups in total. The highest BCUT2D eigenvalue weighted by Gasteiger charge is 2.49. The third-order valence-electron chi connectivity index (χ3n) is 3.68. The Labute approximate surface area is 104 Å². The van der Waals surface area contributed by atoms with Crippen molar-refractivity contribution in [2.75, 3.05) is 0 Å². The summed E-state index contributed by atoms with van der Waals surface area (Å²) in [5.41, 5.74) is -0.712. The highest BCUT2D eigenvalue weighted by Crippen LogP contribution is 2.28. The number of amides is 2. The van der Waals surface area contributed by atoms with Gasteiger partial charge >= 0.3 is 0 Å². The van der Waals surface area contributed by atoms with Gasteiger partial charge in [-0.25, -0.2) is 0 Å².